The Kier molecular flexibility index (Phi) is 6.85. The Morgan fingerprint density at radius 3 is 2.39 bits per heavy atom. The van der Waals surface area contributed by atoms with Gasteiger partial charge in [0.15, 0.2) is 0 Å². The Balaban J connectivity index is 2.53. The first-order chi connectivity index (χ1) is 8.69. The topological polar surface area (TPSA) is 9.23 Å². The molecule has 0 aliphatic carbocycles. The molecule has 1 nitrogen and oxygen atoms in total. The minimum Gasteiger partial charge on any atom is -0.493 e. The summed E-state index contributed by atoms with van der Waals surface area (Å²) < 4.78 is 5.91. The van der Waals surface area contributed by atoms with Crippen molar-refractivity contribution < 1.29 is 4.74 Å². The zero-order valence-electron chi connectivity index (χ0n) is 12.4. The molecule has 1 atom stereocenters. The van der Waals surface area contributed by atoms with Gasteiger partial charge >= 0.3 is 0 Å². The van der Waals surface area contributed by atoms with E-state index in [1.807, 2.05) is 0 Å². The van der Waals surface area contributed by atoms with Gasteiger partial charge in [0.25, 0.3) is 0 Å². The molecule has 0 heterocycles. The van der Waals surface area contributed by atoms with E-state index in [9.17, 15) is 0 Å². The average molecular weight is 248 g/mol. The first-order valence-corrected chi connectivity index (χ1v) is 7.41. The molecule has 0 N–H and O–H groups in total. The van der Waals surface area contributed by atoms with Crippen LogP contribution in [0.25, 0.3) is 0 Å². The summed E-state index contributed by atoms with van der Waals surface area (Å²) >= 11 is 0. The Labute approximate surface area is 113 Å². The van der Waals surface area contributed by atoms with Crippen molar-refractivity contribution in [3.05, 3.63) is 29.8 Å². The summed E-state index contributed by atoms with van der Waals surface area (Å²) in [5, 5.41) is 0. The molecule has 0 unspecified atom stereocenters. The van der Waals surface area contributed by atoms with E-state index in [-0.39, 0.29) is 0 Å². The maximum atomic E-state index is 5.91. The van der Waals surface area contributed by atoms with Crippen molar-refractivity contribution in [2.24, 2.45) is 11.8 Å². The van der Waals surface area contributed by atoms with Gasteiger partial charge in [0.1, 0.15) is 5.75 Å². The molecule has 1 rings (SSSR count). The number of benzene rings is 1. The second kappa shape index (κ2) is 8.18. The predicted octanol–water partition coefficient (Wildman–Crippen LogP) is 5.09. The van der Waals surface area contributed by atoms with Crippen molar-refractivity contribution in [1.29, 1.82) is 0 Å². The van der Waals surface area contributed by atoms with Crippen molar-refractivity contribution >= 4 is 0 Å². The molecular weight excluding hydrogens is 220 g/mol. The van der Waals surface area contributed by atoms with Gasteiger partial charge in [0.2, 0.25) is 0 Å². The molecule has 0 saturated heterocycles. The summed E-state index contributed by atoms with van der Waals surface area (Å²) in [5.41, 5.74) is 1.39. The third kappa shape index (κ3) is 5.12. The molecule has 0 aliphatic heterocycles. The monoisotopic (exact) mass is 248 g/mol. The summed E-state index contributed by atoms with van der Waals surface area (Å²) in [4.78, 5) is 0. The zero-order valence-corrected chi connectivity index (χ0v) is 12.4. The van der Waals surface area contributed by atoms with Crippen LogP contribution in [-0.2, 0) is 6.42 Å². The lowest BCUT2D eigenvalue weighted by atomic mass is 9.99. The minimum atomic E-state index is 0.684. The molecule has 0 fully saturated rings. The second-order valence-corrected chi connectivity index (χ2v) is 5.36. The van der Waals surface area contributed by atoms with Crippen LogP contribution in [0.2, 0.25) is 0 Å². The normalized spacial score (nSPS) is 12.7. The van der Waals surface area contributed by atoms with Crippen LogP contribution in [0.4, 0.5) is 0 Å². The van der Waals surface area contributed by atoms with E-state index in [1.165, 1.54) is 24.8 Å². The maximum Gasteiger partial charge on any atom is 0.119 e. The van der Waals surface area contributed by atoms with Gasteiger partial charge in [0, 0.05) is 0 Å². The molecule has 18 heavy (non-hydrogen) atoms. The highest BCUT2D eigenvalue weighted by Crippen LogP contribution is 2.19. The number of rotatable bonds is 8. The molecule has 0 saturated carbocycles. The first kappa shape index (κ1) is 15.1. The van der Waals surface area contributed by atoms with Crippen LogP contribution < -0.4 is 4.74 Å². The highest BCUT2D eigenvalue weighted by Gasteiger charge is 2.06. The van der Waals surface area contributed by atoms with Crippen molar-refractivity contribution in [2.75, 3.05) is 6.61 Å². The van der Waals surface area contributed by atoms with Gasteiger partial charge in [-0.05, 0) is 36.0 Å². The van der Waals surface area contributed by atoms with E-state index in [1.54, 1.807) is 0 Å². The van der Waals surface area contributed by atoms with Crippen LogP contribution >= 0.6 is 0 Å². The van der Waals surface area contributed by atoms with Crippen LogP contribution in [-0.4, -0.2) is 6.61 Å². The van der Waals surface area contributed by atoms with Crippen molar-refractivity contribution in [1.82, 2.24) is 0 Å². The lowest BCUT2D eigenvalue weighted by Crippen LogP contribution is -2.10. The summed E-state index contributed by atoms with van der Waals surface area (Å²) in [6.07, 6.45) is 4.78. The van der Waals surface area contributed by atoms with Crippen LogP contribution in [0.5, 0.6) is 5.75 Å². The Morgan fingerprint density at radius 1 is 1.06 bits per heavy atom. The molecule has 0 amide bonds. The Hall–Kier alpha value is -0.980. The maximum absolute atomic E-state index is 5.91. The molecule has 0 aromatic heterocycles. The molecular formula is C17H28O. The highest BCUT2D eigenvalue weighted by atomic mass is 16.5. The fraction of sp³-hybridized carbons (Fsp3) is 0.647. The number of hydrogen-bond donors (Lipinski definition) is 0. The lowest BCUT2D eigenvalue weighted by Gasteiger charge is -2.15. The van der Waals surface area contributed by atoms with E-state index < -0.39 is 0 Å². The summed E-state index contributed by atoms with van der Waals surface area (Å²) in [7, 11) is 0. The predicted molar refractivity (Wildman–Crippen MR) is 79.2 cm³/mol. The molecule has 1 heteroatoms. The van der Waals surface area contributed by atoms with E-state index in [0.717, 1.165) is 24.7 Å². The Morgan fingerprint density at radius 2 is 1.78 bits per heavy atom. The molecule has 0 spiro atoms. The summed E-state index contributed by atoms with van der Waals surface area (Å²) in [6.45, 7) is 9.86. The van der Waals surface area contributed by atoms with Gasteiger partial charge in [-0.25, -0.2) is 0 Å². The SMILES string of the molecule is CCC(CC)COc1cccc(C[C@@H](C)CC)c1. The van der Waals surface area contributed by atoms with E-state index in [4.69, 9.17) is 4.74 Å². The molecule has 1 aromatic rings. The largest absolute Gasteiger partial charge is 0.493 e. The van der Waals surface area contributed by atoms with Crippen LogP contribution in [0.1, 0.15) is 52.5 Å². The Bertz CT molecular complexity index is 328. The fourth-order valence-corrected chi connectivity index (χ4v) is 2.05. The van der Waals surface area contributed by atoms with Gasteiger partial charge in [-0.2, -0.15) is 0 Å². The molecule has 0 radical (unpaired) electrons. The highest BCUT2D eigenvalue weighted by molar-refractivity contribution is 5.28. The standard InChI is InChI=1S/C17H28O/c1-5-14(4)11-16-9-8-10-17(12-16)18-13-15(6-2)7-3/h8-10,12,14-15H,5-7,11,13H2,1-4H3/t14-/m0/s1. The molecule has 0 aliphatic rings. The van der Waals surface area contributed by atoms with Gasteiger partial charge < -0.3 is 4.74 Å². The van der Waals surface area contributed by atoms with Gasteiger partial charge in [-0.1, -0.05) is 59.1 Å². The quantitative estimate of drug-likeness (QED) is 0.622. The first-order valence-electron chi connectivity index (χ1n) is 7.41. The van der Waals surface area contributed by atoms with Gasteiger partial charge in [0.05, 0.1) is 6.61 Å². The molecule has 102 valence electrons. The smallest absolute Gasteiger partial charge is 0.119 e. The van der Waals surface area contributed by atoms with Crippen molar-refractivity contribution in [3.63, 3.8) is 0 Å². The number of ether oxygens (including phenoxy) is 1. The zero-order chi connectivity index (χ0) is 13.4. The van der Waals surface area contributed by atoms with E-state index in [0.29, 0.717) is 5.92 Å². The third-order valence-electron chi connectivity index (χ3n) is 3.82. The second-order valence-electron chi connectivity index (χ2n) is 5.36. The summed E-state index contributed by atoms with van der Waals surface area (Å²) in [5.74, 6) is 2.46. The van der Waals surface area contributed by atoms with E-state index in [2.05, 4.69) is 52.0 Å². The molecule has 0 bridgehead atoms. The van der Waals surface area contributed by atoms with Crippen LogP contribution in [0.3, 0.4) is 0 Å². The minimum absolute atomic E-state index is 0.684. The summed E-state index contributed by atoms with van der Waals surface area (Å²) in [6, 6.07) is 8.59. The average Bonchev–Trinajstić information content (AvgIpc) is 2.40. The lowest BCUT2D eigenvalue weighted by molar-refractivity contribution is 0.240. The van der Waals surface area contributed by atoms with Gasteiger partial charge in [-0.15, -0.1) is 0 Å². The van der Waals surface area contributed by atoms with Gasteiger partial charge in [-0.3, -0.25) is 0 Å². The van der Waals surface area contributed by atoms with Crippen molar-refractivity contribution in [3.8, 4) is 5.75 Å². The third-order valence-corrected chi connectivity index (χ3v) is 3.82. The van der Waals surface area contributed by atoms with Crippen LogP contribution in [0, 0.1) is 11.8 Å². The van der Waals surface area contributed by atoms with Crippen molar-refractivity contribution in [2.45, 2.75) is 53.4 Å². The fourth-order valence-electron chi connectivity index (χ4n) is 2.05. The van der Waals surface area contributed by atoms with Crippen LogP contribution in [0.15, 0.2) is 24.3 Å². The number of hydrogen-bond acceptors (Lipinski definition) is 1. The van der Waals surface area contributed by atoms with E-state index >= 15 is 0 Å². The molecule has 1 aromatic carbocycles.